The maximum atomic E-state index is 13.0. The summed E-state index contributed by atoms with van der Waals surface area (Å²) in [6.07, 6.45) is -0.373. The van der Waals surface area contributed by atoms with Crippen molar-refractivity contribution in [1.82, 2.24) is 9.55 Å². The molecule has 4 aromatic rings. The van der Waals surface area contributed by atoms with Gasteiger partial charge in [0.25, 0.3) is 0 Å². The number of carbonyl (C=O) groups excluding carboxylic acids is 1. The molecule has 7 nitrogen and oxygen atoms in total. The predicted octanol–water partition coefficient (Wildman–Crippen LogP) is 4.62. The minimum Gasteiger partial charge on any atom is -0.497 e. The molecule has 0 radical (unpaired) electrons. The SMILES string of the molecule is COc1ccc(N2C[C@@H](c3nc4ccccc4n3C[C@@H](O)COc3ccc(C)c(C)c3)CC2=O)cc1. The molecule has 0 saturated carbocycles. The molecule has 1 N–H and O–H groups in total. The molecule has 1 fully saturated rings. The number of nitrogens with zero attached hydrogens (tertiary/aromatic N) is 3. The Kier molecular flexibility index (Phi) is 6.65. The number of hydrogen-bond donors (Lipinski definition) is 1. The largest absolute Gasteiger partial charge is 0.497 e. The molecule has 1 aliphatic rings. The van der Waals surface area contributed by atoms with Crippen molar-refractivity contribution < 1.29 is 19.4 Å². The molecule has 2 heterocycles. The Balaban J connectivity index is 1.36. The molecule has 1 amide bonds. The van der Waals surface area contributed by atoms with Crippen LogP contribution < -0.4 is 14.4 Å². The number of para-hydroxylation sites is 2. The smallest absolute Gasteiger partial charge is 0.227 e. The molecule has 3 aromatic carbocycles. The number of anilines is 1. The first-order valence-corrected chi connectivity index (χ1v) is 12.2. The summed E-state index contributed by atoms with van der Waals surface area (Å²) in [5.41, 5.74) is 4.98. The van der Waals surface area contributed by atoms with Crippen LogP contribution in [0.5, 0.6) is 11.5 Å². The lowest BCUT2D eigenvalue weighted by atomic mass is 10.1. The van der Waals surface area contributed by atoms with Crippen LogP contribution in [0.25, 0.3) is 11.0 Å². The third-order valence-corrected chi connectivity index (χ3v) is 6.87. The molecule has 1 saturated heterocycles. The van der Waals surface area contributed by atoms with Gasteiger partial charge in [-0.05, 0) is 73.5 Å². The maximum Gasteiger partial charge on any atom is 0.227 e. The average Bonchev–Trinajstić information content (AvgIpc) is 3.45. The molecule has 1 aromatic heterocycles. The summed E-state index contributed by atoms with van der Waals surface area (Å²) in [6, 6.07) is 21.3. The minimum absolute atomic E-state index is 0.0578. The summed E-state index contributed by atoms with van der Waals surface area (Å²) in [6.45, 7) is 5.12. The molecular weight excluding hydrogens is 454 g/mol. The van der Waals surface area contributed by atoms with Crippen molar-refractivity contribution in [2.24, 2.45) is 0 Å². The first-order valence-electron chi connectivity index (χ1n) is 12.2. The Labute approximate surface area is 210 Å². The van der Waals surface area contributed by atoms with E-state index >= 15 is 0 Å². The molecule has 5 rings (SSSR count). The van der Waals surface area contributed by atoms with E-state index in [-0.39, 0.29) is 18.4 Å². The van der Waals surface area contributed by atoms with Gasteiger partial charge in [-0.1, -0.05) is 18.2 Å². The minimum atomic E-state index is -0.738. The van der Waals surface area contributed by atoms with Gasteiger partial charge in [0.05, 0.1) is 24.7 Å². The Hall–Kier alpha value is -3.84. The normalized spacial score (nSPS) is 16.5. The highest BCUT2D eigenvalue weighted by atomic mass is 16.5. The first kappa shape index (κ1) is 23.9. The van der Waals surface area contributed by atoms with Gasteiger partial charge in [-0.25, -0.2) is 4.98 Å². The molecule has 7 heteroatoms. The molecule has 0 unspecified atom stereocenters. The number of imidazole rings is 1. The van der Waals surface area contributed by atoms with E-state index in [9.17, 15) is 9.90 Å². The number of aryl methyl sites for hydroxylation is 2. The molecular formula is C29H31N3O4. The number of hydrogen-bond acceptors (Lipinski definition) is 5. The fourth-order valence-corrected chi connectivity index (χ4v) is 4.75. The van der Waals surface area contributed by atoms with Gasteiger partial charge >= 0.3 is 0 Å². The Bertz CT molecular complexity index is 1380. The molecule has 0 spiro atoms. The average molecular weight is 486 g/mol. The van der Waals surface area contributed by atoms with Gasteiger partial charge in [0.1, 0.15) is 30.0 Å². The van der Waals surface area contributed by atoms with Crippen molar-refractivity contribution in [3.8, 4) is 11.5 Å². The predicted molar refractivity (Wildman–Crippen MR) is 140 cm³/mol. The number of fused-ring (bicyclic) bond motifs is 1. The Morgan fingerprint density at radius 1 is 1.03 bits per heavy atom. The van der Waals surface area contributed by atoms with Crippen LogP contribution in [0.3, 0.4) is 0 Å². The van der Waals surface area contributed by atoms with Gasteiger partial charge in [-0.15, -0.1) is 0 Å². The third-order valence-electron chi connectivity index (χ3n) is 6.87. The molecule has 2 atom stereocenters. The lowest BCUT2D eigenvalue weighted by Crippen LogP contribution is -2.26. The topological polar surface area (TPSA) is 76.8 Å². The second-order valence-corrected chi connectivity index (χ2v) is 9.38. The third kappa shape index (κ3) is 4.79. The van der Waals surface area contributed by atoms with E-state index in [1.807, 2.05) is 78.2 Å². The van der Waals surface area contributed by atoms with Crippen LogP contribution in [0.2, 0.25) is 0 Å². The molecule has 0 bridgehead atoms. The zero-order chi connectivity index (χ0) is 25.2. The summed E-state index contributed by atoms with van der Waals surface area (Å²) < 4.78 is 13.2. The fraction of sp³-hybridized carbons (Fsp3) is 0.310. The quantitative estimate of drug-likeness (QED) is 0.394. The van der Waals surface area contributed by atoms with Crippen molar-refractivity contribution in [3.05, 3.63) is 83.7 Å². The maximum absolute atomic E-state index is 13.0. The number of carbonyl (C=O) groups is 1. The van der Waals surface area contributed by atoms with Gasteiger partial charge in [0.2, 0.25) is 5.91 Å². The van der Waals surface area contributed by atoms with Crippen LogP contribution in [0.4, 0.5) is 5.69 Å². The van der Waals surface area contributed by atoms with Gasteiger partial charge in [0, 0.05) is 24.6 Å². The molecule has 186 valence electrons. The number of amides is 1. The zero-order valence-corrected chi connectivity index (χ0v) is 20.8. The van der Waals surface area contributed by atoms with Crippen LogP contribution in [0.1, 0.15) is 29.3 Å². The van der Waals surface area contributed by atoms with Gasteiger partial charge in [-0.3, -0.25) is 4.79 Å². The van der Waals surface area contributed by atoms with E-state index in [0.29, 0.717) is 19.5 Å². The Morgan fingerprint density at radius 2 is 1.78 bits per heavy atom. The summed E-state index contributed by atoms with van der Waals surface area (Å²) in [7, 11) is 1.62. The van der Waals surface area contributed by atoms with Gasteiger partial charge < -0.3 is 24.0 Å². The van der Waals surface area contributed by atoms with Crippen LogP contribution in [0.15, 0.2) is 66.7 Å². The van der Waals surface area contributed by atoms with Crippen molar-refractivity contribution >= 4 is 22.6 Å². The second-order valence-electron chi connectivity index (χ2n) is 9.38. The van der Waals surface area contributed by atoms with Crippen LogP contribution >= 0.6 is 0 Å². The summed E-state index contributed by atoms with van der Waals surface area (Å²) in [5, 5.41) is 10.9. The number of aliphatic hydroxyl groups excluding tert-OH is 1. The van der Waals surface area contributed by atoms with Crippen molar-refractivity contribution in [1.29, 1.82) is 0 Å². The van der Waals surface area contributed by atoms with Crippen molar-refractivity contribution in [3.63, 3.8) is 0 Å². The number of ether oxygens (including phenoxy) is 2. The lowest BCUT2D eigenvalue weighted by Gasteiger charge is -2.19. The number of benzene rings is 3. The standard InChI is InChI=1S/C29H31N3O4/c1-19-8-11-25(14-20(19)2)36-18-23(33)17-32-27-7-5-4-6-26(27)30-29(32)21-15-28(34)31(16-21)22-9-12-24(35-3)13-10-22/h4-14,21,23,33H,15-18H2,1-3H3/t21-,23+/m0/s1. The van der Waals surface area contributed by atoms with E-state index in [0.717, 1.165) is 39.6 Å². The summed E-state index contributed by atoms with van der Waals surface area (Å²) in [5.74, 6) is 2.28. The fourth-order valence-electron chi connectivity index (χ4n) is 4.75. The first-order chi connectivity index (χ1) is 17.4. The van der Waals surface area contributed by atoms with Crippen molar-refractivity contribution in [2.75, 3.05) is 25.2 Å². The van der Waals surface area contributed by atoms with E-state index in [2.05, 4.69) is 6.92 Å². The number of rotatable bonds is 8. The number of methoxy groups -OCH3 is 1. The van der Waals surface area contributed by atoms with Crippen molar-refractivity contribution in [2.45, 2.75) is 38.8 Å². The summed E-state index contributed by atoms with van der Waals surface area (Å²) in [4.78, 5) is 19.6. The van der Waals surface area contributed by atoms with Crippen LogP contribution in [-0.2, 0) is 11.3 Å². The van der Waals surface area contributed by atoms with E-state index in [1.165, 1.54) is 5.56 Å². The second kappa shape index (κ2) is 10.0. The monoisotopic (exact) mass is 485 g/mol. The van der Waals surface area contributed by atoms with E-state index in [1.54, 1.807) is 12.0 Å². The van der Waals surface area contributed by atoms with Gasteiger partial charge in [0.15, 0.2) is 0 Å². The molecule has 0 aliphatic carbocycles. The zero-order valence-electron chi connectivity index (χ0n) is 20.8. The highest BCUT2D eigenvalue weighted by Gasteiger charge is 2.35. The Morgan fingerprint density at radius 3 is 2.53 bits per heavy atom. The lowest BCUT2D eigenvalue weighted by molar-refractivity contribution is -0.117. The summed E-state index contributed by atoms with van der Waals surface area (Å²) >= 11 is 0. The highest BCUT2D eigenvalue weighted by Crippen LogP contribution is 2.34. The van der Waals surface area contributed by atoms with E-state index < -0.39 is 6.10 Å². The number of aliphatic hydroxyl groups is 1. The van der Waals surface area contributed by atoms with E-state index in [4.69, 9.17) is 14.5 Å². The molecule has 1 aliphatic heterocycles. The van der Waals surface area contributed by atoms with Crippen LogP contribution in [-0.4, -0.2) is 46.9 Å². The molecule has 36 heavy (non-hydrogen) atoms. The van der Waals surface area contributed by atoms with Gasteiger partial charge in [-0.2, -0.15) is 0 Å². The number of aromatic nitrogens is 2. The highest BCUT2D eigenvalue weighted by molar-refractivity contribution is 5.96. The van der Waals surface area contributed by atoms with Crippen LogP contribution in [0, 0.1) is 13.8 Å².